The molecule has 0 spiro atoms. The number of unbranched alkanes of at least 4 members (excludes halogenated alkanes) is 2. The summed E-state index contributed by atoms with van der Waals surface area (Å²) in [5.74, 6) is 0.519. The Morgan fingerprint density at radius 2 is 2.29 bits per heavy atom. The number of primary amides is 1. The zero-order chi connectivity index (χ0) is 10.4. The average molecular weight is 198 g/mol. The Morgan fingerprint density at radius 3 is 2.93 bits per heavy atom. The van der Waals surface area contributed by atoms with E-state index in [-0.39, 0.29) is 11.9 Å². The zero-order valence-electron chi connectivity index (χ0n) is 9.09. The molecule has 0 unspecified atom stereocenters. The van der Waals surface area contributed by atoms with Gasteiger partial charge in [0.15, 0.2) is 0 Å². The molecule has 0 aromatic heterocycles. The predicted molar refractivity (Wildman–Crippen MR) is 57.9 cm³/mol. The van der Waals surface area contributed by atoms with Crippen LogP contribution in [0.5, 0.6) is 0 Å². The average Bonchev–Trinajstić information content (AvgIpc) is 2.19. The Balaban J connectivity index is 2.22. The Bertz CT molecular complexity index is 182. The van der Waals surface area contributed by atoms with Crippen LogP contribution >= 0.6 is 0 Å². The summed E-state index contributed by atoms with van der Waals surface area (Å²) in [6.45, 7) is 3.17. The van der Waals surface area contributed by atoms with E-state index in [1.54, 1.807) is 0 Å². The second kappa shape index (κ2) is 6.02. The SMILES string of the molecule is CCCCC[C@@H]1CCN[C@H](C(N)=O)C1. The Hall–Kier alpha value is -0.570. The molecule has 0 aromatic rings. The van der Waals surface area contributed by atoms with Gasteiger partial charge in [0.05, 0.1) is 6.04 Å². The van der Waals surface area contributed by atoms with Crippen molar-refractivity contribution >= 4 is 5.91 Å². The maximum absolute atomic E-state index is 11.0. The third-order valence-electron chi connectivity index (χ3n) is 3.07. The first-order chi connectivity index (χ1) is 6.74. The van der Waals surface area contributed by atoms with E-state index in [1.165, 1.54) is 32.1 Å². The van der Waals surface area contributed by atoms with Gasteiger partial charge in [0.1, 0.15) is 0 Å². The summed E-state index contributed by atoms with van der Waals surface area (Å²) in [4.78, 5) is 11.0. The molecule has 0 aromatic carbocycles. The largest absolute Gasteiger partial charge is 0.368 e. The number of hydrogen-bond donors (Lipinski definition) is 2. The fraction of sp³-hybridized carbons (Fsp3) is 0.909. The van der Waals surface area contributed by atoms with Gasteiger partial charge in [-0.25, -0.2) is 0 Å². The lowest BCUT2D eigenvalue weighted by Gasteiger charge is -2.28. The van der Waals surface area contributed by atoms with E-state index in [1.807, 2.05) is 0 Å². The Morgan fingerprint density at radius 1 is 1.50 bits per heavy atom. The van der Waals surface area contributed by atoms with Gasteiger partial charge in [-0.2, -0.15) is 0 Å². The van der Waals surface area contributed by atoms with E-state index in [4.69, 9.17) is 5.73 Å². The van der Waals surface area contributed by atoms with Crippen LogP contribution in [0.25, 0.3) is 0 Å². The van der Waals surface area contributed by atoms with Crippen LogP contribution in [0.1, 0.15) is 45.4 Å². The predicted octanol–water partition coefficient (Wildman–Crippen LogP) is 1.42. The number of nitrogens with two attached hydrogens (primary N) is 1. The number of hydrogen-bond acceptors (Lipinski definition) is 2. The van der Waals surface area contributed by atoms with Crippen LogP contribution in [0.2, 0.25) is 0 Å². The lowest BCUT2D eigenvalue weighted by molar-refractivity contribution is -0.120. The molecule has 1 rings (SSSR count). The van der Waals surface area contributed by atoms with Crippen molar-refractivity contribution in [3.63, 3.8) is 0 Å². The summed E-state index contributed by atoms with van der Waals surface area (Å²) >= 11 is 0. The van der Waals surface area contributed by atoms with Crippen LogP contribution in [0.3, 0.4) is 0 Å². The van der Waals surface area contributed by atoms with E-state index in [0.717, 1.165) is 13.0 Å². The van der Waals surface area contributed by atoms with Crippen LogP contribution < -0.4 is 11.1 Å². The number of carbonyl (C=O) groups excluding carboxylic acids is 1. The third kappa shape index (κ3) is 3.66. The number of nitrogens with one attached hydrogen (secondary N) is 1. The summed E-state index contributed by atoms with van der Waals surface area (Å²) < 4.78 is 0. The normalized spacial score (nSPS) is 27.5. The van der Waals surface area contributed by atoms with Crippen molar-refractivity contribution in [2.75, 3.05) is 6.54 Å². The number of piperidine rings is 1. The molecule has 3 N–H and O–H groups in total. The molecule has 0 bridgehead atoms. The monoisotopic (exact) mass is 198 g/mol. The van der Waals surface area contributed by atoms with Gasteiger partial charge in [0.25, 0.3) is 0 Å². The van der Waals surface area contributed by atoms with E-state index < -0.39 is 0 Å². The summed E-state index contributed by atoms with van der Waals surface area (Å²) in [5.41, 5.74) is 5.28. The molecular weight excluding hydrogens is 176 g/mol. The molecular formula is C11H22N2O. The van der Waals surface area contributed by atoms with Crippen molar-refractivity contribution in [3.05, 3.63) is 0 Å². The first-order valence-corrected chi connectivity index (χ1v) is 5.76. The number of carbonyl (C=O) groups is 1. The highest BCUT2D eigenvalue weighted by molar-refractivity contribution is 5.79. The lowest BCUT2D eigenvalue weighted by Crippen LogP contribution is -2.46. The smallest absolute Gasteiger partial charge is 0.234 e. The summed E-state index contributed by atoms with van der Waals surface area (Å²) in [6, 6.07) is -0.0737. The van der Waals surface area contributed by atoms with Crippen LogP contribution in [0.4, 0.5) is 0 Å². The zero-order valence-corrected chi connectivity index (χ0v) is 9.09. The van der Waals surface area contributed by atoms with Gasteiger partial charge >= 0.3 is 0 Å². The fourth-order valence-corrected chi connectivity index (χ4v) is 2.16. The van der Waals surface area contributed by atoms with Crippen molar-refractivity contribution in [1.82, 2.24) is 5.32 Å². The molecule has 1 amide bonds. The molecule has 0 radical (unpaired) electrons. The van der Waals surface area contributed by atoms with E-state index in [9.17, 15) is 4.79 Å². The second-order valence-electron chi connectivity index (χ2n) is 4.30. The maximum atomic E-state index is 11.0. The van der Waals surface area contributed by atoms with E-state index in [0.29, 0.717) is 5.92 Å². The molecule has 14 heavy (non-hydrogen) atoms. The van der Waals surface area contributed by atoms with Crippen LogP contribution in [-0.4, -0.2) is 18.5 Å². The minimum atomic E-state index is -0.190. The van der Waals surface area contributed by atoms with Crippen molar-refractivity contribution in [2.45, 2.75) is 51.5 Å². The van der Waals surface area contributed by atoms with Crippen molar-refractivity contribution < 1.29 is 4.79 Å². The van der Waals surface area contributed by atoms with Gasteiger partial charge < -0.3 is 11.1 Å². The summed E-state index contributed by atoms with van der Waals surface area (Å²) in [7, 11) is 0. The molecule has 0 aliphatic carbocycles. The Labute approximate surface area is 86.4 Å². The molecule has 1 fully saturated rings. The lowest BCUT2D eigenvalue weighted by atomic mass is 9.88. The number of rotatable bonds is 5. The molecule has 1 aliphatic heterocycles. The standard InChI is InChI=1S/C11H22N2O/c1-2-3-4-5-9-6-7-13-10(8-9)11(12)14/h9-10,13H,2-8H2,1H3,(H2,12,14)/t9-,10+/m1/s1. The Kier molecular flexibility index (Phi) is 4.94. The molecule has 3 nitrogen and oxygen atoms in total. The minimum Gasteiger partial charge on any atom is -0.368 e. The topological polar surface area (TPSA) is 55.1 Å². The third-order valence-corrected chi connectivity index (χ3v) is 3.07. The van der Waals surface area contributed by atoms with Crippen LogP contribution in [-0.2, 0) is 4.79 Å². The molecule has 82 valence electrons. The first kappa shape index (κ1) is 11.5. The molecule has 0 saturated carbocycles. The van der Waals surface area contributed by atoms with Gasteiger partial charge in [-0.05, 0) is 25.3 Å². The fourth-order valence-electron chi connectivity index (χ4n) is 2.16. The highest BCUT2D eigenvalue weighted by Gasteiger charge is 2.24. The molecule has 1 saturated heterocycles. The van der Waals surface area contributed by atoms with Gasteiger partial charge in [0.2, 0.25) is 5.91 Å². The maximum Gasteiger partial charge on any atom is 0.234 e. The molecule has 1 heterocycles. The number of amides is 1. The van der Waals surface area contributed by atoms with Gasteiger partial charge in [0, 0.05) is 0 Å². The molecule has 3 heteroatoms. The van der Waals surface area contributed by atoms with Crippen molar-refractivity contribution in [1.29, 1.82) is 0 Å². The van der Waals surface area contributed by atoms with Crippen molar-refractivity contribution in [3.8, 4) is 0 Å². The summed E-state index contributed by atoms with van der Waals surface area (Å²) in [5, 5.41) is 3.16. The minimum absolute atomic E-state index is 0.0737. The van der Waals surface area contributed by atoms with E-state index >= 15 is 0 Å². The quantitative estimate of drug-likeness (QED) is 0.656. The first-order valence-electron chi connectivity index (χ1n) is 5.76. The van der Waals surface area contributed by atoms with Crippen LogP contribution in [0.15, 0.2) is 0 Å². The second-order valence-corrected chi connectivity index (χ2v) is 4.30. The van der Waals surface area contributed by atoms with Crippen LogP contribution in [0, 0.1) is 5.92 Å². The van der Waals surface area contributed by atoms with Gasteiger partial charge in [-0.15, -0.1) is 0 Å². The van der Waals surface area contributed by atoms with Crippen molar-refractivity contribution in [2.24, 2.45) is 11.7 Å². The van der Waals surface area contributed by atoms with E-state index in [2.05, 4.69) is 12.2 Å². The van der Waals surface area contributed by atoms with Gasteiger partial charge in [-0.3, -0.25) is 4.79 Å². The highest BCUT2D eigenvalue weighted by Crippen LogP contribution is 2.22. The highest BCUT2D eigenvalue weighted by atomic mass is 16.1. The molecule has 1 aliphatic rings. The molecule has 2 atom stereocenters. The summed E-state index contributed by atoms with van der Waals surface area (Å²) in [6.07, 6.45) is 7.29. The van der Waals surface area contributed by atoms with Gasteiger partial charge in [-0.1, -0.05) is 32.6 Å².